The summed E-state index contributed by atoms with van der Waals surface area (Å²) in [7, 11) is 0. The van der Waals surface area contributed by atoms with E-state index in [1.807, 2.05) is 15.6 Å². The summed E-state index contributed by atoms with van der Waals surface area (Å²) < 4.78 is 21.2. The van der Waals surface area contributed by atoms with E-state index in [-0.39, 0.29) is 11.7 Å². The van der Waals surface area contributed by atoms with Crippen LogP contribution < -0.4 is 4.90 Å². The number of anilines is 1. The molecular formula is C17H20FN5O2. The summed E-state index contributed by atoms with van der Waals surface area (Å²) >= 11 is 0. The molecular weight excluding hydrogens is 325 g/mol. The summed E-state index contributed by atoms with van der Waals surface area (Å²) in [5.41, 5.74) is 1.91. The van der Waals surface area contributed by atoms with Crippen LogP contribution >= 0.6 is 0 Å². The molecule has 0 N–H and O–H groups in total. The third-order valence-electron chi connectivity index (χ3n) is 4.62. The van der Waals surface area contributed by atoms with Gasteiger partial charge in [0.25, 0.3) is 5.91 Å². The lowest BCUT2D eigenvalue weighted by molar-refractivity contribution is 0.0298. The molecule has 0 bridgehead atoms. The van der Waals surface area contributed by atoms with Gasteiger partial charge in [0, 0.05) is 32.4 Å². The zero-order chi connectivity index (χ0) is 17.2. The first-order chi connectivity index (χ1) is 12.2. The lowest BCUT2D eigenvalue weighted by atomic mass is 10.2. The fraction of sp³-hybridized carbons (Fsp3) is 0.471. The fourth-order valence-corrected chi connectivity index (χ4v) is 3.33. The third-order valence-corrected chi connectivity index (χ3v) is 4.62. The van der Waals surface area contributed by atoms with Crippen molar-refractivity contribution in [2.75, 3.05) is 37.7 Å². The molecule has 4 heterocycles. The van der Waals surface area contributed by atoms with Gasteiger partial charge < -0.3 is 14.5 Å². The summed E-state index contributed by atoms with van der Waals surface area (Å²) in [5, 5.41) is 4.49. The summed E-state index contributed by atoms with van der Waals surface area (Å²) in [6, 6.07) is 3.51. The number of carbonyl (C=O) groups is 1. The van der Waals surface area contributed by atoms with Gasteiger partial charge in [0.05, 0.1) is 37.3 Å². The number of aryl methyl sites for hydroxylation is 1. The minimum atomic E-state index is -0.333. The lowest BCUT2D eigenvalue weighted by Gasteiger charge is -2.26. The molecule has 0 saturated carbocycles. The normalized spacial score (nSPS) is 18.0. The topological polar surface area (TPSA) is 63.5 Å². The van der Waals surface area contributed by atoms with E-state index in [1.165, 1.54) is 6.20 Å². The van der Waals surface area contributed by atoms with Gasteiger partial charge in [-0.1, -0.05) is 0 Å². The van der Waals surface area contributed by atoms with Gasteiger partial charge in [0.15, 0.2) is 11.5 Å². The van der Waals surface area contributed by atoms with Gasteiger partial charge in [-0.3, -0.25) is 14.5 Å². The van der Waals surface area contributed by atoms with E-state index in [4.69, 9.17) is 4.74 Å². The average Bonchev–Trinajstić information content (AvgIpc) is 2.94. The second-order valence-corrected chi connectivity index (χ2v) is 6.25. The van der Waals surface area contributed by atoms with Gasteiger partial charge in [0.2, 0.25) is 0 Å². The van der Waals surface area contributed by atoms with Crippen molar-refractivity contribution >= 4 is 11.6 Å². The number of carbonyl (C=O) groups excluding carboxylic acids is 1. The number of ether oxygens (including phenoxy) is 1. The Labute approximate surface area is 145 Å². The van der Waals surface area contributed by atoms with E-state index >= 15 is 0 Å². The number of aromatic nitrogens is 3. The lowest BCUT2D eigenvalue weighted by Crippen LogP contribution is -2.40. The van der Waals surface area contributed by atoms with E-state index in [1.54, 1.807) is 17.2 Å². The van der Waals surface area contributed by atoms with Crippen LogP contribution in [0.4, 0.5) is 10.1 Å². The van der Waals surface area contributed by atoms with Gasteiger partial charge >= 0.3 is 0 Å². The highest BCUT2D eigenvalue weighted by Gasteiger charge is 2.24. The number of rotatable bonds is 2. The Morgan fingerprint density at radius 1 is 1.20 bits per heavy atom. The highest BCUT2D eigenvalue weighted by Crippen LogP contribution is 2.23. The number of hydrogen-bond acceptors (Lipinski definition) is 5. The number of nitrogens with zero attached hydrogens (tertiary/aromatic N) is 5. The van der Waals surface area contributed by atoms with Crippen LogP contribution in [0.1, 0.15) is 22.6 Å². The molecule has 2 aliphatic heterocycles. The van der Waals surface area contributed by atoms with Gasteiger partial charge in [-0.05, 0) is 18.6 Å². The number of morpholine rings is 1. The Bertz CT molecular complexity index is 772. The minimum absolute atomic E-state index is 0.0643. The van der Waals surface area contributed by atoms with Gasteiger partial charge in [-0.25, -0.2) is 4.39 Å². The van der Waals surface area contributed by atoms with E-state index in [0.29, 0.717) is 44.2 Å². The molecule has 0 aromatic carbocycles. The number of fused-ring (bicyclic) bond motifs is 1. The van der Waals surface area contributed by atoms with Gasteiger partial charge in [-0.15, -0.1) is 0 Å². The molecule has 4 rings (SSSR count). The first kappa shape index (κ1) is 16.0. The number of pyridine rings is 1. The smallest absolute Gasteiger partial charge is 0.274 e. The second-order valence-electron chi connectivity index (χ2n) is 6.25. The summed E-state index contributed by atoms with van der Waals surface area (Å²) in [4.78, 5) is 20.2. The van der Waals surface area contributed by atoms with E-state index < -0.39 is 0 Å². The van der Waals surface area contributed by atoms with Crippen molar-refractivity contribution in [3.8, 4) is 0 Å². The predicted molar refractivity (Wildman–Crippen MR) is 88.8 cm³/mol. The third kappa shape index (κ3) is 3.21. The fourth-order valence-electron chi connectivity index (χ4n) is 3.33. The molecule has 25 heavy (non-hydrogen) atoms. The van der Waals surface area contributed by atoms with Crippen molar-refractivity contribution in [3.63, 3.8) is 0 Å². The molecule has 2 aliphatic rings. The number of hydrogen-bond donors (Lipinski definition) is 0. The van der Waals surface area contributed by atoms with Crippen LogP contribution in [-0.2, 0) is 17.8 Å². The molecule has 1 fully saturated rings. The summed E-state index contributed by atoms with van der Waals surface area (Å²) in [5.74, 6) is -0.398. The maximum atomic E-state index is 14.1. The highest BCUT2D eigenvalue weighted by atomic mass is 19.1. The van der Waals surface area contributed by atoms with Crippen LogP contribution in [0.25, 0.3) is 0 Å². The molecule has 2 aromatic rings. The van der Waals surface area contributed by atoms with Crippen LogP contribution in [0.2, 0.25) is 0 Å². The first-order valence-electron chi connectivity index (χ1n) is 8.50. The van der Waals surface area contributed by atoms with E-state index in [9.17, 15) is 9.18 Å². The highest BCUT2D eigenvalue weighted by molar-refractivity contribution is 5.92. The van der Waals surface area contributed by atoms with Crippen LogP contribution in [0.15, 0.2) is 24.5 Å². The van der Waals surface area contributed by atoms with Crippen molar-refractivity contribution in [1.82, 2.24) is 19.7 Å². The maximum Gasteiger partial charge on any atom is 0.274 e. The molecule has 7 nitrogen and oxygen atoms in total. The summed E-state index contributed by atoms with van der Waals surface area (Å²) in [6.07, 6.45) is 3.65. The van der Waals surface area contributed by atoms with E-state index in [0.717, 1.165) is 25.2 Å². The van der Waals surface area contributed by atoms with Gasteiger partial charge in [0.1, 0.15) is 0 Å². The monoisotopic (exact) mass is 345 g/mol. The maximum absolute atomic E-state index is 14.1. The van der Waals surface area contributed by atoms with Gasteiger partial charge in [-0.2, -0.15) is 5.10 Å². The first-order valence-corrected chi connectivity index (χ1v) is 8.50. The summed E-state index contributed by atoms with van der Waals surface area (Å²) in [6.45, 7) is 4.28. The molecule has 1 amide bonds. The Morgan fingerprint density at radius 3 is 2.84 bits per heavy atom. The Morgan fingerprint density at radius 2 is 2.04 bits per heavy atom. The molecule has 0 unspecified atom stereocenters. The molecule has 0 atom stereocenters. The van der Waals surface area contributed by atoms with Crippen molar-refractivity contribution in [1.29, 1.82) is 0 Å². The zero-order valence-electron chi connectivity index (χ0n) is 13.9. The largest absolute Gasteiger partial charge is 0.378 e. The standard InChI is InChI=1S/C17H20FN5O2/c18-14-11-19-3-2-16(14)22-4-1-5-23-13(12-22)10-15(20-23)17(24)21-6-8-25-9-7-21/h2-3,10-11H,1,4-9,12H2. The molecule has 0 spiro atoms. The predicted octanol–water partition coefficient (Wildman–Crippen LogP) is 1.30. The SMILES string of the molecule is O=C(c1cc2n(n1)CCCN(c1ccncc1F)C2)N1CCOCC1. The molecule has 0 radical (unpaired) electrons. The molecule has 132 valence electrons. The van der Waals surface area contributed by atoms with Crippen molar-refractivity contribution < 1.29 is 13.9 Å². The second kappa shape index (κ2) is 6.79. The molecule has 0 aliphatic carbocycles. The minimum Gasteiger partial charge on any atom is -0.378 e. The van der Waals surface area contributed by atoms with Crippen molar-refractivity contribution in [2.45, 2.75) is 19.5 Å². The van der Waals surface area contributed by atoms with Crippen LogP contribution in [0.3, 0.4) is 0 Å². The Balaban J connectivity index is 1.56. The average molecular weight is 345 g/mol. The molecule has 2 aromatic heterocycles. The van der Waals surface area contributed by atoms with E-state index in [2.05, 4.69) is 10.1 Å². The quantitative estimate of drug-likeness (QED) is 0.821. The van der Waals surface area contributed by atoms with Crippen LogP contribution in [0, 0.1) is 5.82 Å². The number of amides is 1. The molecule has 1 saturated heterocycles. The van der Waals surface area contributed by atoms with Crippen LogP contribution in [-0.4, -0.2) is 58.4 Å². The van der Waals surface area contributed by atoms with Crippen molar-refractivity contribution in [3.05, 3.63) is 41.7 Å². The number of halogens is 1. The van der Waals surface area contributed by atoms with Crippen molar-refractivity contribution in [2.24, 2.45) is 0 Å². The zero-order valence-corrected chi connectivity index (χ0v) is 13.9. The Hall–Kier alpha value is -2.48. The Kier molecular flexibility index (Phi) is 4.35. The van der Waals surface area contributed by atoms with Crippen LogP contribution in [0.5, 0.6) is 0 Å². The molecule has 8 heteroatoms.